The number of allylic oxidation sites excluding steroid dienone is 4. The van der Waals surface area contributed by atoms with E-state index in [1.165, 1.54) is 51.0 Å². The molecule has 2 heteroatoms. The van der Waals surface area contributed by atoms with E-state index in [4.69, 9.17) is 0 Å². The third-order valence-corrected chi connectivity index (χ3v) is 4.04. The first-order chi connectivity index (χ1) is 7.42. The third-order valence-electron chi connectivity index (χ3n) is 4.04. The molecule has 1 atom stereocenters. The molecule has 82 valence electrons. The van der Waals surface area contributed by atoms with E-state index < -0.39 is 0 Å². The molecule has 0 radical (unpaired) electrons. The van der Waals surface area contributed by atoms with E-state index in [1.807, 2.05) is 0 Å². The maximum absolute atomic E-state index is 3.76. The lowest BCUT2D eigenvalue weighted by Gasteiger charge is -2.45. The summed E-state index contributed by atoms with van der Waals surface area (Å²) >= 11 is 0. The van der Waals surface area contributed by atoms with E-state index in [1.54, 1.807) is 0 Å². The molecular formula is C13H20N2. The van der Waals surface area contributed by atoms with Crippen molar-refractivity contribution < 1.29 is 0 Å². The molecule has 4 aliphatic rings. The fourth-order valence-electron chi connectivity index (χ4n) is 3.09. The Morgan fingerprint density at radius 1 is 1.27 bits per heavy atom. The maximum Gasteiger partial charge on any atom is 0.0414 e. The summed E-state index contributed by atoms with van der Waals surface area (Å²) in [6.45, 7) is 3.94. The Morgan fingerprint density at radius 3 is 2.73 bits per heavy atom. The lowest BCUT2D eigenvalue weighted by Crippen LogP contribution is -2.55. The van der Waals surface area contributed by atoms with Crippen LogP contribution in [-0.4, -0.2) is 30.6 Å². The monoisotopic (exact) mass is 204 g/mol. The molecule has 3 heterocycles. The summed E-state index contributed by atoms with van der Waals surface area (Å²) < 4.78 is 0. The normalized spacial score (nSPS) is 38.9. The lowest BCUT2D eigenvalue weighted by molar-refractivity contribution is 0.0768. The van der Waals surface area contributed by atoms with Crippen LogP contribution in [0.15, 0.2) is 23.9 Å². The smallest absolute Gasteiger partial charge is 0.0414 e. The van der Waals surface area contributed by atoms with Gasteiger partial charge >= 0.3 is 0 Å². The molecule has 0 aromatic rings. The maximum atomic E-state index is 3.76. The van der Waals surface area contributed by atoms with Crippen molar-refractivity contribution in [1.29, 1.82) is 0 Å². The van der Waals surface area contributed by atoms with E-state index in [-0.39, 0.29) is 0 Å². The van der Waals surface area contributed by atoms with Gasteiger partial charge in [0, 0.05) is 18.3 Å². The summed E-state index contributed by atoms with van der Waals surface area (Å²) in [5.74, 6) is 0.932. The van der Waals surface area contributed by atoms with E-state index >= 15 is 0 Å². The average molecular weight is 204 g/mol. The minimum absolute atomic E-state index is 0.727. The number of hydrogen-bond acceptors (Lipinski definition) is 2. The summed E-state index contributed by atoms with van der Waals surface area (Å²) in [6, 6.07) is 0.727. The molecule has 0 aromatic carbocycles. The Kier molecular flexibility index (Phi) is 2.53. The van der Waals surface area contributed by atoms with Crippen molar-refractivity contribution in [1.82, 2.24) is 10.2 Å². The highest BCUT2D eigenvalue weighted by Gasteiger charge is 2.34. The van der Waals surface area contributed by atoms with Crippen LogP contribution in [0.3, 0.4) is 0 Å². The average Bonchev–Trinajstić information content (AvgIpc) is 2.32. The zero-order chi connectivity index (χ0) is 10.1. The fraction of sp³-hybridized carbons (Fsp3) is 0.692. The quantitative estimate of drug-likeness (QED) is 0.739. The number of fused-ring (bicyclic) bond motifs is 3. The van der Waals surface area contributed by atoms with Crippen LogP contribution in [0.2, 0.25) is 0 Å². The number of rotatable bonds is 2. The van der Waals surface area contributed by atoms with Crippen LogP contribution in [0.5, 0.6) is 0 Å². The van der Waals surface area contributed by atoms with E-state index in [0.717, 1.165) is 12.0 Å². The molecule has 2 nitrogen and oxygen atoms in total. The van der Waals surface area contributed by atoms with Gasteiger partial charge in [0.2, 0.25) is 0 Å². The van der Waals surface area contributed by atoms with Gasteiger partial charge in [0.05, 0.1) is 0 Å². The first-order valence-electron chi connectivity index (χ1n) is 6.26. The summed E-state index contributed by atoms with van der Waals surface area (Å²) in [5.41, 5.74) is 1.45. The Bertz CT molecular complexity index is 285. The number of nitrogens with one attached hydrogen (secondary N) is 1. The number of piperidine rings is 3. The van der Waals surface area contributed by atoms with Gasteiger partial charge in [0.1, 0.15) is 0 Å². The molecule has 3 saturated heterocycles. The second-order valence-electron chi connectivity index (χ2n) is 5.05. The standard InChI is InChI=1S/C13H20N2/c1-2-4-12(5-3-1)14-13-10-15-8-6-11(13)7-9-15/h1-2,4,11,13-14H,3,5-10H2. The van der Waals surface area contributed by atoms with Crippen molar-refractivity contribution in [3.8, 4) is 0 Å². The summed E-state index contributed by atoms with van der Waals surface area (Å²) in [4.78, 5) is 2.61. The molecule has 0 saturated carbocycles. The van der Waals surface area contributed by atoms with Crippen molar-refractivity contribution in [3.63, 3.8) is 0 Å². The van der Waals surface area contributed by atoms with E-state index in [0.29, 0.717) is 0 Å². The van der Waals surface area contributed by atoms with Crippen molar-refractivity contribution in [2.75, 3.05) is 19.6 Å². The Balaban J connectivity index is 1.63. The van der Waals surface area contributed by atoms with Crippen LogP contribution < -0.4 is 5.32 Å². The van der Waals surface area contributed by atoms with Gasteiger partial charge < -0.3 is 10.2 Å². The molecule has 3 aliphatic heterocycles. The van der Waals surface area contributed by atoms with Gasteiger partial charge in [-0.15, -0.1) is 0 Å². The minimum Gasteiger partial charge on any atom is -0.384 e. The van der Waals surface area contributed by atoms with Gasteiger partial charge in [-0.1, -0.05) is 12.2 Å². The van der Waals surface area contributed by atoms with Crippen LogP contribution in [-0.2, 0) is 0 Å². The Labute approximate surface area is 92.0 Å². The van der Waals surface area contributed by atoms with E-state index in [9.17, 15) is 0 Å². The number of hydrogen-bond donors (Lipinski definition) is 1. The highest BCUT2D eigenvalue weighted by molar-refractivity contribution is 5.17. The molecule has 3 fully saturated rings. The first kappa shape index (κ1) is 9.46. The van der Waals surface area contributed by atoms with Gasteiger partial charge in [-0.2, -0.15) is 0 Å². The predicted molar refractivity (Wildman–Crippen MR) is 62.5 cm³/mol. The zero-order valence-corrected chi connectivity index (χ0v) is 9.28. The molecule has 0 spiro atoms. The topological polar surface area (TPSA) is 15.3 Å². The fourth-order valence-corrected chi connectivity index (χ4v) is 3.09. The van der Waals surface area contributed by atoms with Crippen LogP contribution in [0.4, 0.5) is 0 Å². The second kappa shape index (κ2) is 4.01. The highest BCUT2D eigenvalue weighted by atomic mass is 15.2. The molecule has 0 amide bonds. The van der Waals surface area contributed by atoms with Crippen molar-refractivity contribution >= 4 is 0 Å². The lowest BCUT2D eigenvalue weighted by atomic mass is 9.84. The first-order valence-corrected chi connectivity index (χ1v) is 6.26. The molecule has 1 unspecified atom stereocenters. The van der Waals surface area contributed by atoms with Crippen molar-refractivity contribution in [3.05, 3.63) is 23.9 Å². The molecular weight excluding hydrogens is 184 g/mol. The summed E-state index contributed by atoms with van der Waals surface area (Å²) in [7, 11) is 0. The second-order valence-corrected chi connectivity index (χ2v) is 5.05. The number of nitrogens with zero attached hydrogens (tertiary/aromatic N) is 1. The van der Waals surface area contributed by atoms with Crippen molar-refractivity contribution in [2.45, 2.75) is 31.7 Å². The van der Waals surface area contributed by atoms with Gasteiger partial charge in [0.25, 0.3) is 0 Å². The molecule has 2 bridgehead atoms. The molecule has 1 aliphatic carbocycles. The van der Waals surface area contributed by atoms with Crippen molar-refractivity contribution in [2.24, 2.45) is 5.92 Å². The summed E-state index contributed by atoms with van der Waals surface area (Å²) in [5, 5.41) is 3.76. The Hall–Kier alpha value is -0.760. The predicted octanol–water partition coefficient (Wildman–Crippen LogP) is 1.90. The SMILES string of the molecule is C1=CCCC(NC2CN3CCC2CC3)=C1. The minimum atomic E-state index is 0.727. The third kappa shape index (κ3) is 1.96. The summed E-state index contributed by atoms with van der Waals surface area (Å²) in [6.07, 6.45) is 11.9. The van der Waals surface area contributed by atoms with Gasteiger partial charge in [-0.25, -0.2) is 0 Å². The molecule has 0 aromatic heterocycles. The van der Waals surface area contributed by atoms with Gasteiger partial charge in [0.15, 0.2) is 0 Å². The Morgan fingerprint density at radius 2 is 2.13 bits per heavy atom. The van der Waals surface area contributed by atoms with Crippen LogP contribution in [0, 0.1) is 5.92 Å². The molecule has 1 N–H and O–H groups in total. The van der Waals surface area contributed by atoms with Crippen LogP contribution >= 0.6 is 0 Å². The molecule has 4 rings (SSSR count). The molecule has 15 heavy (non-hydrogen) atoms. The van der Waals surface area contributed by atoms with Crippen LogP contribution in [0.1, 0.15) is 25.7 Å². The van der Waals surface area contributed by atoms with Crippen LogP contribution in [0.25, 0.3) is 0 Å². The largest absolute Gasteiger partial charge is 0.384 e. The van der Waals surface area contributed by atoms with Gasteiger partial charge in [-0.05, 0) is 50.8 Å². The zero-order valence-electron chi connectivity index (χ0n) is 9.28. The van der Waals surface area contributed by atoms with E-state index in [2.05, 4.69) is 28.4 Å². The highest BCUT2D eigenvalue weighted by Crippen LogP contribution is 2.28. The van der Waals surface area contributed by atoms with Gasteiger partial charge in [-0.3, -0.25) is 0 Å².